The van der Waals surface area contributed by atoms with Gasteiger partial charge in [-0.05, 0) is 50.5 Å². The molecule has 0 atom stereocenters. The van der Waals surface area contributed by atoms with Crippen molar-refractivity contribution in [2.75, 3.05) is 79.8 Å². The van der Waals surface area contributed by atoms with E-state index in [9.17, 15) is 27.0 Å². The molecule has 0 aliphatic carbocycles. The van der Waals surface area contributed by atoms with E-state index in [4.69, 9.17) is 9.47 Å². The van der Waals surface area contributed by atoms with Crippen molar-refractivity contribution in [1.82, 2.24) is 18.4 Å². The minimum absolute atomic E-state index is 0.0179. The number of likely N-dealkylation sites (N-methyl/N-ethyl adjacent to an activating group) is 2. The van der Waals surface area contributed by atoms with Gasteiger partial charge in [-0.3, -0.25) is 0 Å². The fraction of sp³-hybridized carbons (Fsp3) is 0.538. The van der Waals surface area contributed by atoms with E-state index < -0.39 is 20.0 Å². The highest BCUT2D eigenvalue weighted by molar-refractivity contribution is 7.89. The quantitative estimate of drug-likeness (QED) is 0.380. The number of ether oxygens (including phenoxy) is 2. The van der Waals surface area contributed by atoms with Gasteiger partial charge in [0.1, 0.15) is 11.5 Å². The molecule has 222 valence electrons. The standard InChI is InChI=1S/C26H38N4O8S2/c1-27(19-21-17-23(3-5-25(21)31)39(33,34)29-9-13-37-14-10-29)7-8-28(2)20-22-18-24(4-6-26(22)32)40(35,36)30-11-15-38-16-12-30/h3-6,17-18,31-32H,7-16,19-20H2,1-2H3. The molecule has 2 fully saturated rings. The number of rotatable bonds is 11. The van der Waals surface area contributed by atoms with Crippen LogP contribution in [0, 0.1) is 0 Å². The smallest absolute Gasteiger partial charge is 0.243 e. The summed E-state index contributed by atoms with van der Waals surface area (Å²) in [7, 11) is -3.64. The third-order valence-electron chi connectivity index (χ3n) is 7.06. The van der Waals surface area contributed by atoms with Gasteiger partial charge in [-0.15, -0.1) is 0 Å². The second-order valence-corrected chi connectivity index (χ2v) is 14.0. The molecule has 2 N–H and O–H groups in total. The first kappa shape index (κ1) is 30.7. The molecule has 2 aromatic rings. The number of benzene rings is 2. The summed E-state index contributed by atoms with van der Waals surface area (Å²) in [6.45, 7) is 4.38. The van der Waals surface area contributed by atoms with Gasteiger partial charge in [-0.1, -0.05) is 0 Å². The van der Waals surface area contributed by atoms with Crippen LogP contribution in [0.1, 0.15) is 11.1 Å². The highest BCUT2D eigenvalue weighted by atomic mass is 32.2. The lowest BCUT2D eigenvalue weighted by atomic mass is 10.2. The van der Waals surface area contributed by atoms with Crippen molar-refractivity contribution in [3.05, 3.63) is 47.5 Å². The molecule has 2 saturated heterocycles. The lowest BCUT2D eigenvalue weighted by Crippen LogP contribution is -2.40. The van der Waals surface area contributed by atoms with E-state index in [1.54, 1.807) is 0 Å². The minimum atomic E-state index is -3.68. The van der Waals surface area contributed by atoms with Gasteiger partial charge in [0.25, 0.3) is 0 Å². The van der Waals surface area contributed by atoms with Crippen molar-refractivity contribution in [3.8, 4) is 11.5 Å². The van der Waals surface area contributed by atoms with Gasteiger partial charge in [-0.25, -0.2) is 16.8 Å². The van der Waals surface area contributed by atoms with Crippen molar-refractivity contribution in [2.45, 2.75) is 22.9 Å². The molecule has 2 aliphatic rings. The predicted molar refractivity (Wildman–Crippen MR) is 148 cm³/mol. The van der Waals surface area contributed by atoms with E-state index in [-0.39, 0.29) is 21.3 Å². The van der Waals surface area contributed by atoms with Crippen LogP contribution in [0.3, 0.4) is 0 Å². The van der Waals surface area contributed by atoms with Crippen molar-refractivity contribution >= 4 is 20.0 Å². The van der Waals surface area contributed by atoms with Crippen LogP contribution in [0.2, 0.25) is 0 Å². The molecule has 2 heterocycles. The molecule has 0 spiro atoms. The van der Waals surface area contributed by atoms with Crippen LogP contribution in [-0.2, 0) is 42.6 Å². The van der Waals surface area contributed by atoms with Crippen LogP contribution < -0.4 is 0 Å². The normalized spacial score (nSPS) is 18.0. The van der Waals surface area contributed by atoms with Crippen LogP contribution in [0.15, 0.2) is 46.2 Å². The maximum absolute atomic E-state index is 13.0. The summed E-state index contributed by atoms with van der Waals surface area (Å²) in [5.41, 5.74) is 0.997. The Morgan fingerprint density at radius 2 is 1.02 bits per heavy atom. The van der Waals surface area contributed by atoms with E-state index >= 15 is 0 Å². The third-order valence-corrected chi connectivity index (χ3v) is 10.9. The number of sulfonamides is 2. The molecule has 0 unspecified atom stereocenters. The Kier molecular flexibility index (Phi) is 10.1. The lowest BCUT2D eigenvalue weighted by Gasteiger charge is -2.27. The molecule has 0 radical (unpaired) electrons. The molecule has 14 heteroatoms. The second kappa shape index (κ2) is 13.1. The number of phenolic OH excluding ortho intramolecular Hbond substituents is 2. The molecular weight excluding hydrogens is 560 g/mol. The number of hydrogen-bond acceptors (Lipinski definition) is 10. The lowest BCUT2D eigenvalue weighted by molar-refractivity contribution is 0.0730. The molecule has 0 amide bonds. The van der Waals surface area contributed by atoms with Crippen molar-refractivity contribution in [2.24, 2.45) is 0 Å². The van der Waals surface area contributed by atoms with E-state index in [1.165, 1.54) is 45.0 Å². The van der Waals surface area contributed by atoms with Crippen LogP contribution >= 0.6 is 0 Å². The predicted octanol–water partition coefficient (Wildman–Crippen LogP) is 0.703. The minimum Gasteiger partial charge on any atom is -0.508 e. The molecular formula is C26H38N4O8S2. The average molecular weight is 599 g/mol. The van der Waals surface area contributed by atoms with Gasteiger partial charge < -0.3 is 29.5 Å². The van der Waals surface area contributed by atoms with E-state index in [0.29, 0.717) is 89.9 Å². The summed E-state index contributed by atoms with van der Waals surface area (Å²) in [6.07, 6.45) is 0. The van der Waals surface area contributed by atoms with Crippen LogP contribution in [-0.4, -0.2) is 125 Å². The highest BCUT2D eigenvalue weighted by Gasteiger charge is 2.28. The van der Waals surface area contributed by atoms with Gasteiger partial charge in [0, 0.05) is 63.5 Å². The molecule has 40 heavy (non-hydrogen) atoms. The number of hydrogen-bond donors (Lipinski definition) is 2. The van der Waals surface area contributed by atoms with Gasteiger partial charge in [-0.2, -0.15) is 8.61 Å². The van der Waals surface area contributed by atoms with Gasteiger partial charge in [0.15, 0.2) is 0 Å². The summed E-state index contributed by atoms with van der Waals surface area (Å²) >= 11 is 0. The SMILES string of the molecule is CN(CCN(C)Cc1cc(S(=O)(=O)N2CCOCC2)ccc1O)Cc1cc(S(=O)(=O)N2CCOCC2)ccc1O. The van der Waals surface area contributed by atoms with E-state index in [0.717, 1.165) is 0 Å². The Morgan fingerprint density at radius 3 is 1.38 bits per heavy atom. The molecule has 12 nitrogen and oxygen atoms in total. The summed E-state index contributed by atoms with van der Waals surface area (Å²) in [4.78, 5) is 4.18. The highest BCUT2D eigenvalue weighted by Crippen LogP contribution is 2.27. The number of phenols is 2. The molecule has 2 aromatic carbocycles. The fourth-order valence-corrected chi connectivity index (χ4v) is 7.57. The molecule has 4 rings (SSSR count). The van der Waals surface area contributed by atoms with Crippen LogP contribution in [0.25, 0.3) is 0 Å². The summed E-state index contributed by atoms with van der Waals surface area (Å²) in [5.74, 6) is 0.0358. The van der Waals surface area contributed by atoms with Gasteiger partial charge in [0.2, 0.25) is 20.0 Å². The van der Waals surface area contributed by atoms with Crippen molar-refractivity contribution < 1.29 is 36.5 Å². The number of morpholine rings is 2. The Hall–Kier alpha value is -2.30. The maximum Gasteiger partial charge on any atom is 0.243 e. The molecule has 0 bridgehead atoms. The van der Waals surface area contributed by atoms with Gasteiger partial charge >= 0.3 is 0 Å². The number of aromatic hydroxyl groups is 2. The molecule has 0 aromatic heterocycles. The Balaban J connectivity index is 1.36. The van der Waals surface area contributed by atoms with Gasteiger partial charge in [0.05, 0.1) is 36.2 Å². The zero-order chi connectivity index (χ0) is 28.9. The summed E-state index contributed by atoms with van der Waals surface area (Å²) < 4.78 is 65.4. The largest absolute Gasteiger partial charge is 0.508 e. The topological polar surface area (TPSA) is 140 Å². The fourth-order valence-electron chi connectivity index (χ4n) is 4.65. The van der Waals surface area contributed by atoms with Crippen molar-refractivity contribution in [1.29, 1.82) is 0 Å². The van der Waals surface area contributed by atoms with Crippen LogP contribution in [0.4, 0.5) is 0 Å². The zero-order valence-corrected chi connectivity index (χ0v) is 24.5. The number of nitrogens with zero attached hydrogens (tertiary/aromatic N) is 4. The first-order chi connectivity index (χ1) is 19.0. The van der Waals surface area contributed by atoms with E-state index in [2.05, 4.69) is 0 Å². The first-order valence-corrected chi connectivity index (χ1v) is 16.0. The Morgan fingerprint density at radius 1 is 0.675 bits per heavy atom. The Bertz CT molecular complexity index is 1270. The zero-order valence-electron chi connectivity index (χ0n) is 22.9. The van der Waals surface area contributed by atoms with Crippen molar-refractivity contribution in [3.63, 3.8) is 0 Å². The maximum atomic E-state index is 13.0. The molecule has 0 saturated carbocycles. The molecule has 2 aliphatic heterocycles. The first-order valence-electron chi connectivity index (χ1n) is 13.1. The third kappa shape index (κ3) is 7.31. The summed E-state index contributed by atoms with van der Waals surface area (Å²) in [5, 5.41) is 20.8. The second-order valence-electron chi connectivity index (χ2n) is 10.1. The van der Waals surface area contributed by atoms with E-state index in [1.807, 2.05) is 23.9 Å². The Labute approximate surface area is 236 Å². The van der Waals surface area contributed by atoms with Crippen LogP contribution in [0.5, 0.6) is 11.5 Å². The monoisotopic (exact) mass is 598 g/mol. The summed E-state index contributed by atoms with van der Waals surface area (Å²) in [6, 6.07) is 8.67. The average Bonchev–Trinajstić information content (AvgIpc) is 2.95.